The van der Waals surface area contributed by atoms with Crippen molar-refractivity contribution in [3.05, 3.63) is 59.7 Å². The van der Waals surface area contributed by atoms with Crippen molar-refractivity contribution in [2.45, 2.75) is 39.3 Å². The Hall–Kier alpha value is -2.86. The topological polar surface area (TPSA) is 48.3 Å². The van der Waals surface area contributed by atoms with Crippen molar-refractivity contribution in [1.29, 1.82) is 0 Å². The van der Waals surface area contributed by atoms with Crippen LogP contribution in [-0.4, -0.2) is 49.7 Å². The van der Waals surface area contributed by atoms with E-state index in [4.69, 9.17) is 0 Å². The van der Waals surface area contributed by atoms with Crippen LogP contribution >= 0.6 is 0 Å². The van der Waals surface area contributed by atoms with Gasteiger partial charge in [-0.25, -0.2) is 9.69 Å². The van der Waals surface area contributed by atoms with Crippen molar-refractivity contribution in [3.63, 3.8) is 0 Å². The van der Waals surface area contributed by atoms with Crippen molar-refractivity contribution in [2.75, 3.05) is 36.6 Å². The molecule has 0 aliphatic carbocycles. The molecule has 2 heterocycles. The van der Waals surface area contributed by atoms with Crippen molar-refractivity contribution in [3.8, 4) is 0 Å². The number of rotatable bonds is 6. The summed E-state index contributed by atoms with van der Waals surface area (Å²) in [5, 5.41) is 0. The highest BCUT2D eigenvalue weighted by Gasteiger charge is 2.44. The number of hydrogen-bond acceptors (Lipinski definition) is 3. The summed E-state index contributed by atoms with van der Waals surface area (Å²) < 4.78 is 0. The van der Waals surface area contributed by atoms with Crippen LogP contribution < -0.4 is 14.7 Å². The molecule has 1 N–H and O–H groups in total. The van der Waals surface area contributed by atoms with Crippen LogP contribution in [0.5, 0.6) is 0 Å². The maximum absolute atomic E-state index is 13.1. The average Bonchev–Trinajstić information content (AvgIpc) is 3.34. The number of imide groups is 1. The number of hydrogen-bond donors (Lipinski definition) is 1. The molecule has 0 saturated carbocycles. The molecule has 0 aromatic heterocycles. The van der Waals surface area contributed by atoms with E-state index in [-0.39, 0.29) is 11.9 Å². The predicted molar refractivity (Wildman–Crippen MR) is 119 cm³/mol. The minimum atomic E-state index is -0.482. The van der Waals surface area contributed by atoms with E-state index < -0.39 is 6.04 Å². The summed E-state index contributed by atoms with van der Waals surface area (Å²) in [4.78, 5) is 32.5. The van der Waals surface area contributed by atoms with E-state index in [0.717, 1.165) is 35.8 Å². The molecule has 2 fully saturated rings. The fraction of sp³-hybridized carbons (Fsp3) is 0.417. The Morgan fingerprint density at radius 1 is 1.00 bits per heavy atom. The number of nitrogens with one attached hydrogen (secondary N) is 1. The number of carbonyl (C=O) groups excluding carboxylic acids is 2. The van der Waals surface area contributed by atoms with Crippen LogP contribution in [0.3, 0.4) is 0 Å². The second-order valence-electron chi connectivity index (χ2n) is 8.55. The molecule has 6 heteroatoms. The summed E-state index contributed by atoms with van der Waals surface area (Å²) in [6.07, 6.45) is 2.47. The fourth-order valence-corrected chi connectivity index (χ4v) is 4.49. The zero-order valence-corrected chi connectivity index (χ0v) is 18.1. The first-order valence-corrected chi connectivity index (χ1v) is 10.8. The second-order valence-corrected chi connectivity index (χ2v) is 8.55. The lowest BCUT2D eigenvalue weighted by Crippen LogP contribution is -3.09. The van der Waals surface area contributed by atoms with E-state index in [0.29, 0.717) is 6.67 Å². The molecule has 2 aromatic rings. The normalized spacial score (nSPS) is 20.4. The van der Waals surface area contributed by atoms with Gasteiger partial charge >= 0.3 is 6.03 Å². The Labute approximate surface area is 178 Å². The number of aryl methyl sites for hydroxylation is 1. The Balaban J connectivity index is 1.47. The van der Waals surface area contributed by atoms with E-state index in [1.54, 1.807) is 11.8 Å². The first-order valence-electron chi connectivity index (χ1n) is 10.8. The number of carbonyl (C=O) groups is 2. The van der Waals surface area contributed by atoms with Gasteiger partial charge in [0.2, 0.25) is 0 Å². The van der Waals surface area contributed by atoms with Crippen LogP contribution in [0.2, 0.25) is 0 Å². The van der Waals surface area contributed by atoms with Crippen LogP contribution in [0.25, 0.3) is 0 Å². The van der Waals surface area contributed by atoms with E-state index in [1.165, 1.54) is 29.0 Å². The number of amides is 3. The maximum atomic E-state index is 13.1. The molecule has 2 aromatic carbocycles. The third-order valence-electron chi connectivity index (χ3n) is 6.12. The van der Waals surface area contributed by atoms with Gasteiger partial charge in [-0.2, -0.15) is 0 Å². The Morgan fingerprint density at radius 3 is 2.37 bits per heavy atom. The summed E-state index contributed by atoms with van der Waals surface area (Å²) in [6.45, 7) is 7.14. The lowest BCUT2D eigenvalue weighted by atomic mass is 10.1. The van der Waals surface area contributed by atoms with Gasteiger partial charge in [0.05, 0.1) is 7.05 Å². The molecule has 158 valence electrons. The average molecular weight is 408 g/mol. The highest BCUT2D eigenvalue weighted by atomic mass is 16.2. The van der Waals surface area contributed by atoms with Crippen LogP contribution in [0.4, 0.5) is 16.2 Å². The highest BCUT2D eigenvalue weighted by molar-refractivity contribution is 6.13. The number of benzene rings is 2. The SMILES string of the molecule is Cc1ccc(N2C(=O)N(C[NH+](C)Cc3ccccc3N3CCCC3)C(=O)[C@H]2C)cc1. The summed E-state index contributed by atoms with van der Waals surface area (Å²) >= 11 is 0. The van der Waals surface area contributed by atoms with E-state index in [9.17, 15) is 9.59 Å². The van der Waals surface area contributed by atoms with Gasteiger partial charge < -0.3 is 9.80 Å². The van der Waals surface area contributed by atoms with E-state index >= 15 is 0 Å². The lowest BCUT2D eigenvalue weighted by Gasteiger charge is -2.24. The molecule has 6 nitrogen and oxygen atoms in total. The van der Waals surface area contributed by atoms with Crippen molar-refractivity contribution < 1.29 is 14.5 Å². The van der Waals surface area contributed by atoms with Crippen LogP contribution in [0.15, 0.2) is 48.5 Å². The first kappa shape index (κ1) is 20.4. The zero-order valence-electron chi connectivity index (χ0n) is 18.1. The molecular weight excluding hydrogens is 376 g/mol. The van der Waals surface area contributed by atoms with E-state index in [1.807, 2.05) is 38.2 Å². The summed E-state index contributed by atoms with van der Waals surface area (Å²) in [5.41, 5.74) is 4.44. The Bertz CT molecular complexity index is 921. The van der Waals surface area contributed by atoms with Crippen LogP contribution in [-0.2, 0) is 11.3 Å². The Morgan fingerprint density at radius 2 is 1.67 bits per heavy atom. The zero-order chi connectivity index (χ0) is 21.3. The maximum Gasteiger partial charge on any atom is 0.336 e. The number of para-hydroxylation sites is 1. The van der Waals surface area contributed by atoms with Gasteiger partial charge in [0.15, 0.2) is 6.67 Å². The predicted octanol–water partition coefficient (Wildman–Crippen LogP) is 2.42. The number of urea groups is 1. The minimum Gasteiger partial charge on any atom is -0.371 e. The summed E-state index contributed by atoms with van der Waals surface area (Å²) in [5.74, 6) is -0.132. The number of quaternary nitrogens is 1. The van der Waals surface area contributed by atoms with Crippen LogP contribution in [0, 0.1) is 6.92 Å². The molecule has 1 unspecified atom stereocenters. The number of nitrogens with zero attached hydrogens (tertiary/aromatic N) is 3. The molecule has 0 radical (unpaired) electrons. The Kier molecular flexibility index (Phi) is 5.77. The lowest BCUT2D eigenvalue weighted by molar-refractivity contribution is -0.901. The molecule has 30 heavy (non-hydrogen) atoms. The number of anilines is 2. The monoisotopic (exact) mass is 407 g/mol. The molecule has 0 bridgehead atoms. The summed E-state index contributed by atoms with van der Waals surface area (Å²) in [7, 11) is 2.04. The van der Waals surface area contributed by atoms with E-state index in [2.05, 4.69) is 29.2 Å². The van der Waals surface area contributed by atoms with Gasteiger partial charge in [-0.05, 0) is 44.9 Å². The minimum absolute atomic E-state index is 0.132. The van der Waals surface area contributed by atoms with Gasteiger partial charge in [-0.3, -0.25) is 9.69 Å². The quantitative estimate of drug-likeness (QED) is 0.749. The molecule has 2 atom stereocenters. The largest absolute Gasteiger partial charge is 0.371 e. The summed E-state index contributed by atoms with van der Waals surface area (Å²) in [6, 6.07) is 15.5. The molecular formula is C24H31N4O2+. The second kappa shape index (κ2) is 8.48. The van der Waals surface area contributed by atoms with Gasteiger partial charge in [0, 0.05) is 30.0 Å². The fourth-order valence-electron chi connectivity index (χ4n) is 4.49. The molecule has 4 rings (SSSR count). The van der Waals surface area contributed by atoms with Crippen LogP contribution in [0.1, 0.15) is 30.9 Å². The molecule has 0 spiro atoms. The third kappa shape index (κ3) is 3.92. The van der Waals surface area contributed by atoms with Crippen molar-refractivity contribution in [2.24, 2.45) is 0 Å². The third-order valence-corrected chi connectivity index (χ3v) is 6.12. The standard InChI is InChI=1S/C24H30N4O2/c1-18-10-12-21(13-11-18)28-19(2)23(29)27(24(28)30)17-25(3)16-20-8-4-5-9-22(20)26-14-6-7-15-26/h4-5,8-13,19H,6-7,14-17H2,1-3H3/p+1/t19-/m1/s1. The first-order chi connectivity index (χ1) is 14.5. The molecule has 2 aliphatic rings. The molecule has 2 saturated heterocycles. The van der Waals surface area contributed by atoms with Gasteiger partial charge in [0.25, 0.3) is 5.91 Å². The van der Waals surface area contributed by atoms with Gasteiger partial charge in [-0.15, -0.1) is 0 Å². The van der Waals surface area contributed by atoms with Gasteiger partial charge in [0.1, 0.15) is 12.6 Å². The highest BCUT2D eigenvalue weighted by Crippen LogP contribution is 2.26. The van der Waals surface area contributed by atoms with Crippen molar-refractivity contribution >= 4 is 23.3 Å². The molecule has 3 amide bonds. The van der Waals surface area contributed by atoms with Gasteiger partial charge in [-0.1, -0.05) is 35.9 Å². The van der Waals surface area contributed by atoms with Crippen molar-refractivity contribution in [1.82, 2.24) is 4.90 Å². The smallest absolute Gasteiger partial charge is 0.336 e. The molecule has 2 aliphatic heterocycles.